The zero-order chi connectivity index (χ0) is 11.1. The Morgan fingerprint density at radius 1 is 1.60 bits per heavy atom. The zero-order valence-electron chi connectivity index (χ0n) is 8.79. The quantitative estimate of drug-likeness (QED) is 0.673. The van der Waals surface area contributed by atoms with Crippen molar-refractivity contribution in [1.29, 1.82) is 0 Å². The Morgan fingerprint density at radius 2 is 2.40 bits per heavy atom. The first-order chi connectivity index (χ1) is 7.27. The van der Waals surface area contributed by atoms with Crippen molar-refractivity contribution in [1.82, 2.24) is 5.32 Å². The number of furan rings is 1. The van der Waals surface area contributed by atoms with E-state index >= 15 is 0 Å². The van der Waals surface area contributed by atoms with Crippen molar-refractivity contribution in [3.63, 3.8) is 0 Å². The van der Waals surface area contributed by atoms with Crippen LogP contribution in [-0.4, -0.2) is 26.1 Å². The van der Waals surface area contributed by atoms with Gasteiger partial charge in [0.15, 0.2) is 5.76 Å². The van der Waals surface area contributed by atoms with Crippen LogP contribution in [0.3, 0.4) is 0 Å². The molecule has 0 spiro atoms. The van der Waals surface area contributed by atoms with Crippen LogP contribution in [0.4, 0.5) is 0 Å². The summed E-state index contributed by atoms with van der Waals surface area (Å²) in [5.41, 5.74) is 5.31. The molecule has 0 aliphatic heterocycles. The Hall–Kier alpha value is -1.33. The molecule has 1 amide bonds. The molecule has 0 saturated carbocycles. The third-order valence-corrected chi connectivity index (χ3v) is 1.84. The molecular weight excluding hydrogens is 196 g/mol. The van der Waals surface area contributed by atoms with Gasteiger partial charge in [0.05, 0.1) is 0 Å². The molecule has 5 nitrogen and oxygen atoms in total. The first-order valence-electron chi connectivity index (χ1n) is 4.84. The van der Waals surface area contributed by atoms with Crippen LogP contribution in [0.2, 0.25) is 0 Å². The molecule has 84 valence electrons. The number of ether oxygens (including phenoxy) is 1. The van der Waals surface area contributed by atoms with Crippen LogP contribution in [0.1, 0.15) is 22.7 Å². The van der Waals surface area contributed by atoms with Crippen molar-refractivity contribution in [3.05, 3.63) is 23.7 Å². The topological polar surface area (TPSA) is 77.5 Å². The van der Waals surface area contributed by atoms with E-state index in [0.717, 1.165) is 6.42 Å². The van der Waals surface area contributed by atoms with Crippen LogP contribution in [-0.2, 0) is 11.3 Å². The van der Waals surface area contributed by atoms with Gasteiger partial charge in [-0.25, -0.2) is 0 Å². The van der Waals surface area contributed by atoms with E-state index in [1.807, 2.05) is 0 Å². The third-order valence-electron chi connectivity index (χ3n) is 1.84. The monoisotopic (exact) mass is 212 g/mol. The molecule has 1 aromatic heterocycles. The Balaban J connectivity index is 2.43. The number of amides is 1. The van der Waals surface area contributed by atoms with E-state index in [1.54, 1.807) is 19.2 Å². The van der Waals surface area contributed by atoms with Gasteiger partial charge in [0.1, 0.15) is 12.4 Å². The largest absolute Gasteiger partial charge is 0.453 e. The molecule has 3 N–H and O–H groups in total. The van der Waals surface area contributed by atoms with E-state index in [0.29, 0.717) is 31.2 Å². The summed E-state index contributed by atoms with van der Waals surface area (Å²) in [6.45, 7) is 1.50. The van der Waals surface area contributed by atoms with Gasteiger partial charge in [0, 0.05) is 13.7 Å². The summed E-state index contributed by atoms with van der Waals surface area (Å²) in [7, 11) is 1.57. The minimum Gasteiger partial charge on any atom is -0.453 e. The van der Waals surface area contributed by atoms with Gasteiger partial charge in [-0.3, -0.25) is 4.79 Å². The number of nitrogens with one attached hydrogen (secondary N) is 1. The van der Waals surface area contributed by atoms with Crippen LogP contribution in [0.25, 0.3) is 0 Å². The Bertz CT molecular complexity index is 309. The molecule has 0 aliphatic carbocycles. The summed E-state index contributed by atoms with van der Waals surface area (Å²) < 4.78 is 10.1. The summed E-state index contributed by atoms with van der Waals surface area (Å²) in [5, 5.41) is 2.70. The Kier molecular flexibility index (Phi) is 4.86. The third kappa shape index (κ3) is 3.73. The molecule has 0 radical (unpaired) electrons. The summed E-state index contributed by atoms with van der Waals surface area (Å²) in [5.74, 6) is 0.728. The molecule has 0 aliphatic rings. The normalized spacial score (nSPS) is 10.3. The van der Waals surface area contributed by atoms with Crippen molar-refractivity contribution in [2.24, 2.45) is 5.73 Å². The molecule has 15 heavy (non-hydrogen) atoms. The van der Waals surface area contributed by atoms with Gasteiger partial charge in [0.2, 0.25) is 0 Å². The lowest BCUT2D eigenvalue weighted by Gasteiger charge is -2.00. The van der Waals surface area contributed by atoms with Crippen LogP contribution < -0.4 is 11.1 Å². The second-order valence-corrected chi connectivity index (χ2v) is 3.10. The van der Waals surface area contributed by atoms with Gasteiger partial charge in [-0.1, -0.05) is 0 Å². The number of rotatable bonds is 6. The maximum Gasteiger partial charge on any atom is 0.286 e. The Labute approximate surface area is 88.6 Å². The average Bonchev–Trinajstić information content (AvgIpc) is 2.67. The van der Waals surface area contributed by atoms with Crippen molar-refractivity contribution in [2.75, 3.05) is 20.2 Å². The summed E-state index contributed by atoms with van der Waals surface area (Å²) in [6.07, 6.45) is 0.761. The van der Waals surface area contributed by atoms with Gasteiger partial charge >= 0.3 is 0 Å². The molecule has 5 heteroatoms. The first-order valence-corrected chi connectivity index (χ1v) is 4.84. The standard InChI is InChI=1S/C10H16N2O3/c1-14-7-8-3-4-9(15-8)10(13)12-6-2-5-11/h3-4H,2,5-7,11H2,1H3,(H,12,13). The fraction of sp³-hybridized carbons (Fsp3) is 0.500. The lowest BCUT2D eigenvalue weighted by atomic mass is 10.4. The molecule has 0 bridgehead atoms. The van der Waals surface area contributed by atoms with Gasteiger partial charge in [-0.15, -0.1) is 0 Å². The van der Waals surface area contributed by atoms with Crippen molar-refractivity contribution in [3.8, 4) is 0 Å². The molecule has 0 atom stereocenters. The van der Waals surface area contributed by atoms with Crippen molar-refractivity contribution >= 4 is 5.91 Å². The SMILES string of the molecule is COCc1ccc(C(=O)NCCCN)o1. The highest BCUT2D eigenvalue weighted by molar-refractivity contribution is 5.91. The second-order valence-electron chi connectivity index (χ2n) is 3.10. The van der Waals surface area contributed by atoms with Gasteiger partial charge in [-0.05, 0) is 25.1 Å². The highest BCUT2D eigenvalue weighted by Crippen LogP contribution is 2.08. The van der Waals surface area contributed by atoms with E-state index in [1.165, 1.54) is 0 Å². The predicted molar refractivity (Wildman–Crippen MR) is 55.4 cm³/mol. The second kappa shape index (κ2) is 6.21. The van der Waals surface area contributed by atoms with Gasteiger partial charge < -0.3 is 20.2 Å². The highest BCUT2D eigenvalue weighted by atomic mass is 16.5. The fourth-order valence-corrected chi connectivity index (χ4v) is 1.11. The van der Waals surface area contributed by atoms with Crippen LogP contribution in [0, 0.1) is 0 Å². The van der Waals surface area contributed by atoms with Gasteiger partial charge in [-0.2, -0.15) is 0 Å². The van der Waals surface area contributed by atoms with E-state index < -0.39 is 0 Å². The number of hydrogen-bond donors (Lipinski definition) is 2. The van der Waals surface area contributed by atoms with E-state index in [-0.39, 0.29) is 5.91 Å². The molecule has 1 rings (SSSR count). The minimum absolute atomic E-state index is 0.217. The smallest absolute Gasteiger partial charge is 0.286 e. The zero-order valence-corrected chi connectivity index (χ0v) is 8.79. The van der Waals surface area contributed by atoms with E-state index in [9.17, 15) is 4.79 Å². The number of nitrogens with two attached hydrogens (primary N) is 1. The molecular formula is C10H16N2O3. The van der Waals surface area contributed by atoms with Crippen LogP contribution >= 0.6 is 0 Å². The molecule has 1 heterocycles. The molecule has 1 aromatic rings. The number of carbonyl (C=O) groups excluding carboxylic acids is 1. The Morgan fingerprint density at radius 3 is 3.07 bits per heavy atom. The number of methoxy groups -OCH3 is 1. The van der Waals surface area contributed by atoms with E-state index in [4.69, 9.17) is 14.9 Å². The maximum atomic E-state index is 11.5. The number of carbonyl (C=O) groups is 1. The lowest BCUT2D eigenvalue weighted by Crippen LogP contribution is -2.25. The van der Waals surface area contributed by atoms with Crippen molar-refractivity contribution in [2.45, 2.75) is 13.0 Å². The average molecular weight is 212 g/mol. The van der Waals surface area contributed by atoms with Gasteiger partial charge in [0.25, 0.3) is 5.91 Å². The maximum absolute atomic E-state index is 11.5. The summed E-state index contributed by atoms with van der Waals surface area (Å²) in [6, 6.07) is 3.35. The summed E-state index contributed by atoms with van der Waals surface area (Å²) in [4.78, 5) is 11.5. The van der Waals surface area contributed by atoms with E-state index in [2.05, 4.69) is 5.32 Å². The lowest BCUT2D eigenvalue weighted by molar-refractivity contribution is 0.0917. The molecule has 0 fully saturated rings. The molecule has 0 unspecified atom stereocenters. The van der Waals surface area contributed by atoms with Crippen LogP contribution in [0.15, 0.2) is 16.5 Å². The minimum atomic E-state index is -0.217. The summed E-state index contributed by atoms with van der Waals surface area (Å²) >= 11 is 0. The number of hydrogen-bond acceptors (Lipinski definition) is 4. The predicted octanol–water partition coefficient (Wildman–Crippen LogP) is 0.505. The first kappa shape index (κ1) is 11.7. The fourth-order valence-electron chi connectivity index (χ4n) is 1.11. The van der Waals surface area contributed by atoms with Crippen molar-refractivity contribution < 1.29 is 13.9 Å². The molecule has 0 aromatic carbocycles. The highest BCUT2D eigenvalue weighted by Gasteiger charge is 2.09. The molecule has 0 saturated heterocycles. The van der Waals surface area contributed by atoms with Crippen LogP contribution in [0.5, 0.6) is 0 Å².